The van der Waals surface area contributed by atoms with Crippen molar-refractivity contribution < 1.29 is 42.2 Å². The summed E-state index contributed by atoms with van der Waals surface area (Å²) in [6, 6.07) is 22.3. The number of ether oxygens (including phenoxy) is 3. The van der Waals surface area contributed by atoms with Crippen LogP contribution in [0.25, 0.3) is 22.2 Å². The smallest absolute Gasteiger partial charge is 0.408 e. The highest BCUT2D eigenvalue weighted by atomic mass is 35.5. The molecule has 0 bridgehead atoms. The zero-order valence-corrected chi connectivity index (χ0v) is 37.6. The number of hydrogen-bond acceptors (Lipinski definition) is 10. The Bertz CT molecular complexity index is 2350. The lowest BCUT2D eigenvalue weighted by molar-refractivity contribution is -0.142. The van der Waals surface area contributed by atoms with Crippen molar-refractivity contribution in [2.24, 2.45) is 11.3 Å². The van der Waals surface area contributed by atoms with Crippen molar-refractivity contribution in [1.82, 2.24) is 20.5 Å². The maximum absolute atomic E-state index is 15.0. The minimum atomic E-state index is -3.97. The second-order valence-electron chi connectivity index (χ2n) is 18.0. The molecular formula is C47H56ClN4O9P. The summed E-state index contributed by atoms with van der Waals surface area (Å²) in [5, 5.41) is 5.96. The van der Waals surface area contributed by atoms with Crippen LogP contribution in [0.15, 0.2) is 78.9 Å². The number of likely N-dealkylation sites (tertiary alicyclic amines) is 1. The molecule has 1 unspecified atom stereocenters. The van der Waals surface area contributed by atoms with E-state index in [-0.39, 0.29) is 31.6 Å². The van der Waals surface area contributed by atoms with E-state index in [1.165, 1.54) is 4.90 Å². The second kappa shape index (κ2) is 17.8. The second-order valence-corrected chi connectivity index (χ2v) is 20.7. The van der Waals surface area contributed by atoms with E-state index in [4.69, 9.17) is 39.8 Å². The Kier molecular flexibility index (Phi) is 12.6. The number of carbonyl (C=O) groups excluding carboxylic acids is 3. The van der Waals surface area contributed by atoms with E-state index in [1.54, 1.807) is 19.2 Å². The number of aromatic nitrogens is 1. The predicted octanol–water partition coefficient (Wildman–Crippen LogP) is 9.61. The number of pyridine rings is 1. The molecule has 2 saturated heterocycles. The van der Waals surface area contributed by atoms with Gasteiger partial charge in [-0.3, -0.25) is 18.7 Å². The Morgan fingerprint density at radius 3 is 2.47 bits per heavy atom. The third-order valence-electron chi connectivity index (χ3n) is 12.7. The summed E-state index contributed by atoms with van der Waals surface area (Å²) in [6.07, 6.45) is 2.94. The molecule has 4 aromatic rings. The fourth-order valence-electron chi connectivity index (χ4n) is 9.16. The molecule has 4 aliphatic rings. The highest BCUT2D eigenvalue weighted by molar-refractivity contribution is 7.56. The quantitative estimate of drug-likeness (QED) is 0.132. The Hall–Kier alpha value is -4.68. The molecule has 62 heavy (non-hydrogen) atoms. The van der Waals surface area contributed by atoms with Crippen molar-refractivity contribution >= 4 is 48.0 Å². The van der Waals surface area contributed by atoms with Gasteiger partial charge in [0.2, 0.25) is 11.8 Å². The van der Waals surface area contributed by atoms with Gasteiger partial charge < -0.3 is 34.3 Å². The van der Waals surface area contributed by atoms with Gasteiger partial charge in [-0.05, 0) is 73.3 Å². The Labute approximate surface area is 368 Å². The topological polar surface area (TPSA) is 155 Å². The Morgan fingerprint density at radius 2 is 1.77 bits per heavy atom. The van der Waals surface area contributed by atoms with Crippen LogP contribution in [0.3, 0.4) is 0 Å². The molecule has 3 aromatic carbocycles. The minimum Gasteiger partial charge on any atom is -0.497 e. The normalized spacial score (nSPS) is 26.8. The Morgan fingerprint density at radius 1 is 1.00 bits per heavy atom. The maximum Gasteiger partial charge on any atom is 0.408 e. The van der Waals surface area contributed by atoms with Gasteiger partial charge in [-0.2, -0.15) is 0 Å². The van der Waals surface area contributed by atoms with Gasteiger partial charge in [0.1, 0.15) is 41.1 Å². The minimum absolute atomic E-state index is 0.0230. The van der Waals surface area contributed by atoms with Crippen LogP contribution >= 0.6 is 19.2 Å². The zero-order valence-electron chi connectivity index (χ0n) is 35.9. The molecule has 3 amide bonds. The van der Waals surface area contributed by atoms with Gasteiger partial charge in [-0.1, -0.05) is 88.2 Å². The molecule has 0 radical (unpaired) electrons. The van der Waals surface area contributed by atoms with Crippen molar-refractivity contribution in [2.75, 3.05) is 20.3 Å². The highest BCUT2D eigenvalue weighted by Crippen LogP contribution is 2.76. The fourth-order valence-corrected chi connectivity index (χ4v) is 12.1. The van der Waals surface area contributed by atoms with E-state index in [0.29, 0.717) is 47.0 Å². The van der Waals surface area contributed by atoms with E-state index in [0.717, 1.165) is 42.2 Å². The summed E-state index contributed by atoms with van der Waals surface area (Å²) in [5.41, 5.74) is 2.20. The first kappa shape index (κ1) is 43.9. The first-order chi connectivity index (χ1) is 29.7. The number of benzene rings is 3. The standard InChI is InChI=1S/C47H56ClN4O9P/c1-6-31-27-47(31,62(56)58-22-21-40(61-62)30-15-12-16-32(48)23-30)51-43(53)39-25-35(28-52(39)44(54)42(46(2,3)4)50-45(55)60-33-17-10-11-18-33)59-41-26-37(29-13-8-7-9-14-29)49-38-24-34(57-5)19-20-36(38)41/h7-9,12-16,19-20,23-24,26,31,33,35,39-40,42H,6,10-11,17-18,21-22,25,27-28H2,1-5H3,(H,50,55)(H,51,53)/t31-,35-,39+,40+,42-,47+,62?/m1/s1. The summed E-state index contributed by atoms with van der Waals surface area (Å²) in [5.74, 6) is -0.0186. The molecule has 8 rings (SSSR count). The fraction of sp³-hybridized carbons (Fsp3) is 0.489. The lowest BCUT2D eigenvalue weighted by Crippen LogP contribution is -2.58. The molecule has 15 heteroatoms. The monoisotopic (exact) mass is 886 g/mol. The van der Waals surface area contributed by atoms with Gasteiger partial charge in [0, 0.05) is 40.9 Å². The van der Waals surface area contributed by atoms with Gasteiger partial charge in [0.25, 0.3) is 0 Å². The van der Waals surface area contributed by atoms with Crippen LogP contribution in [-0.2, 0) is 27.9 Å². The van der Waals surface area contributed by atoms with Crippen LogP contribution in [0.2, 0.25) is 5.02 Å². The third kappa shape index (κ3) is 9.05. The van der Waals surface area contributed by atoms with E-state index >= 15 is 0 Å². The van der Waals surface area contributed by atoms with Crippen LogP contribution in [0, 0.1) is 11.3 Å². The molecule has 13 nitrogen and oxygen atoms in total. The number of nitrogens with one attached hydrogen (secondary N) is 2. The number of rotatable bonds is 12. The molecule has 330 valence electrons. The molecule has 1 aromatic heterocycles. The van der Waals surface area contributed by atoms with Crippen LogP contribution in [0.5, 0.6) is 11.5 Å². The molecule has 2 saturated carbocycles. The number of halogens is 1. The summed E-state index contributed by atoms with van der Waals surface area (Å²) in [7, 11) is -2.38. The third-order valence-corrected chi connectivity index (χ3v) is 15.6. The Balaban J connectivity index is 1.12. The highest BCUT2D eigenvalue weighted by Gasteiger charge is 2.70. The SMILES string of the molecule is CC[C@@H]1C[C@]1(NC(=O)[C@@H]1C[C@@H](Oc2cc(-c3ccccc3)nc3cc(OC)ccc23)CN1C(=O)[C@@H](NC(=O)OC1CCCC1)C(C)(C)C)P1(=O)OCC[C@@H](c2cccc(Cl)c2)O1. The van der Waals surface area contributed by atoms with Gasteiger partial charge in [-0.25, -0.2) is 9.78 Å². The maximum atomic E-state index is 15.0. The van der Waals surface area contributed by atoms with Crippen LogP contribution in [0.1, 0.15) is 90.7 Å². The van der Waals surface area contributed by atoms with Gasteiger partial charge >= 0.3 is 13.7 Å². The predicted molar refractivity (Wildman–Crippen MR) is 236 cm³/mol. The van der Waals surface area contributed by atoms with Gasteiger partial charge in [-0.15, -0.1) is 0 Å². The van der Waals surface area contributed by atoms with Crippen molar-refractivity contribution in [3.05, 3.63) is 89.4 Å². The van der Waals surface area contributed by atoms with Crippen LogP contribution < -0.4 is 20.1 Å². The van der Waals surface area contributed by atoms with E-state index in [9.17, 15) is 18.9 Å². The van der Waals surface area contributed by atoms with Crippen molar-refractivity contribution in [1.29, 1.82) is 0 Å². The number of fused-ring (bicyclic) bond motifs is 1. The average Bonchev–Trinajstić information content (AvgIpc) is 3.50. The first-order valence-corrected chi connectivity index (χ1v) is 23.6. The number of nitrogens with zero attached hydrogens (tertiary/aromatic N) is 2. The average molecular weight is 887 g/mol. The lowest BCUT2D eigenvalue weighted by atomic mass is 9.85. The molecule has 0 spiro atoms. The molecule has 7 atom stereocenters. The van der Waals surface area contributed by atoms with Gasteiger partial charge in [0.15, 0.2) is 0 Å². The molecule has 2 N–H and O–H groups in total. The van der Waals surface area contributed by atoms with E-state index in [2.05, 4.69) is 10.6 Å². The summed E-state index contributed by atoms with van der Waals surface area (Å²) in [4.78, 5) is 49.7. The van der Waals surface area contributed by atoms with Crippen LogP contribution in [0.4, 0.5) is 4.79 Å². The van der Waals surface area contributed by atoms with Crippen molar-refractivity contribution in [3.63, 3.8) is 0 Å². The number of amides is 3. The molecular weight excluding hydrogens is 831 g/mol. The van der Waals surface area contributed by atoms with Crippen molar-refractivity contribution in [3.8, 4) is 22.8 Å². The van der Waals surface area contributed by atoms with E-state index < -0.39 is 60.5 Å². The number of hydrogen-bond donors (Lipinski definition) is 2. The number of carbonyl (C=O) groups is 3. The van der Waals surface area contributed by atoms with Gasteiger partial charge in [0.05, 0.1) is 37.6 Å². The van der Waals surface area contributed by atoms with E-state index in [1.807, 2.05) is 94.4 Å². The first-order valence-electron chi connectivity index (χ1n) is 21.7. The number of alkyl carbamates (subject to hydrolysis) is 1. The zero-order chi connectivity index (χ0) is 43.8. The molecule has 2 aliphatic carbocycles. The molecule has 3 heterocycles. The van der Waals surface area contributed by atoms with Crippen LogP contribution in [-0.4, -0.2) is 77.6 Å². The summed E-state index contributed by atoms with van der Waals surface area (Å²) in [6.45, 7) is 7.74. The number of methoxy groups -OCH3 is 1. The summed E-state index contributed by atoms with van der Waals surface area (Å²) >= 11 is 6.33. The van der Waals surface area contributed by atoms with Crippen molar-refractivity contribution in [2.45, 2.75) is 115 Å². The molecule has 4 fully saturated rings. The lowest BCUT2D eigenvalue weighted by Gasteiger charge is -2.38. The largest absolute Gasteiger partial charge is 0.497 e. The summed E-state index contributed by atoms with van der Waals surface area (Å²) < 4.78 is 45.5. The molecule has 2 aliphatic heterocycles.